The molecular formula is C25H33N3O6. The second kappa shape index (κ2) is 13.1. The third-order valence-corrected chi connectivity index (χ3v) is 4.23. The average Bonchev–Trinajstić information content (AvgIpc) is 2.76. The van der Waals surface area contributed by atoms with Gasteiger partial charge in [-0.1, -0.05) is 24.3 Å². The highest BCUT2D eigenvalue weighted by Gasteiger charge is 2.16. The summed E-state index contributed by atoms with van der Waals surface area (Å²) in [5, 5.41) is 8.11. The molecule has 2 aromatic carbocycles. The number of para-hydroxylation sites is 2. The summed E-state index contributed by atoms with van der Waals surface area (Å²) in [7, 11) is 0. The molecule has 0 radical (unpaired) electrons. The van der Waals surface area contributed by atoms with Gasteiger partial charge in [0.25, 0.3) is 5.91 Å². The van der Waals surface area contributed by atoms with Crippen LogP contribution in [-0.2, 0) is 20.9 Å². The number of hydrogen-bond donors (Lipinski definition) is 3. The van der Waals surface area contributed by atoms with Crippen LogP contribution >= 0.6 is 0 Å². The van der Waals surface area contributed by atoms with E-state index in [0.717, 1.165) is 5.56 Å². The lowest BCUT2D eigenvalue weighted by atomic mass is 10.2. The Morgan fingerprint density at radius 2 is 1.59 bits per heavy atom. The molecule has 0 aromatic heterocycles. The number of carbonyl (C=O) groups excluding carboxylic acids is 3. The van der Waals surface area contributed by atoms with Crippen LogP contribution in [0.2, 0.25) is 0 Å². The summed E-state index contributed by atoms with van der Waals surface area (Å²) in [5.41, 5.74) is 0.811. The molecule has 0 bridgehead atoms. The molecule has 0 fully saturated rings. The molecule has 9 heteroatoms. The minimum Gasteiger partial charge on any atom is -0.490 e. The fourth-order valence-electron chi connectivity index (χ4n) is 2.81. The molecule has 0 saturated carbocycles. The van der Waals surface area contributed by atoms with Gasteiger partial charge in [0.05, 0.1) is 6.61 Å². The lowest BCUT2D eigenvalue weighted by Crippen LogP contribution is -2.34. The number of alkyl carbamates (subject to hydrolysis) is 1. The molecule has 3 N–H and O–H groups in total. The van der Waals surface area contributed by atoms with Gasteiger partial charge in [-0.25, -0.2) is 4.79 Å². The van der Waals surface area contributed by atoms with Crippen molar-refractivity contribution in [1.82, 2.24) is 10.6 Å². The Morgan fingerprint density at radius 3 is 2.26 bits per heavy atom. The van der Waals surface area contributed by atoms with Crippen molar-refractivity contribution in [3.63, 3.8) is 0 Å². The van der Waals surface area contributed by atoms with Crippen molar-refractivity contribution >= 4 is 23.6 Å². The van der Waals surface area contributed by atoms with Crippen LogP contribution in [0.15, 0.2) is 48.5 Å². The summed E-state index contributed by atoms with van der Waals surface area (Å²) >= 11 is 0. The minimum absolute atomic E-state index is 0.0980. The van der Waals surface area contributed by atoms with Crippen molar-refractivity contribution in [2.24, 2.45) is 0 Å². The Bertz CT molecular complexity index is 971. The second-order valence-electron chi connectivity index (χ2n) is 8.37. The molecule has 0 aliphatic heterocycles. The first kappa shape index (κ1) is 26.5. The molecule has 2 aromatic rings. The SMILES string of the molecule is CCOc1ccccc1OCC(=O)NCc1cccc(NC(=O)CCNC(=O)OC(C)(C)C)c1. The molecule has 0 aliphatic carbocycles. The number of nitrogens with one attached hydrogen (secondary N) is 3. The maximum atomic E-state index is 12.2. The van der Waals surface area contributed by atoms with E-state index < -0.39 is 11.7 Å². The van der Waals surface area contributed by atoms with Gasteiger partial charge >= 0.3 is 6.09 Å². The summed E-state index contributed by atoms with van der Waals surface area (Å²) in [6.07, 6.45) is -0.468. The molecule has 184 valence electrons. The first-order valence-electron chi connectivity index (χ1n) is 11.1. The maximum Gasteiger partial charge on any atom is 0.407 e. The predicted octanol–water partition coefficient (Wildman–Crippen LogP) is 3.63. The highest BCUT2D eigenvalue weighted by Crippen LogP contribution is 2.26. The van der Waals surface area contributed by atoms with E-state index in [4.69, 9.17) is 14.2 Å². The number of rotatable bonds is 11. The standard InChI is InChI=1S/C25H33N3O6/c1-5-32-20-11-6-7-12-21(20)33-17-23(30)27-16-18-9-8-10-19(15-18)28-22(29)13-14-26-24(31)34-25(2,3)4/h6-12,15H,5,13-14,16-17H2,1-4H3,(H,26,31)(H,27,30)(H,28,29). The van der Waals surface area contributed by atoms with Crippen LogP contribution < -0.4 is 25.4 Å². The molecule has 3 amide bonds. The van der Waals surface area contributed by atoms with Gasteiger partial charge in [0.2, 0.25) is 5.91 Å². The highest BCUT2D eigenvalue weighted by atomic mass is 16.6. The van der Waals surface area contributed by atoms with Crippen molar-refractivity contribution in [3.8, 4) is 11.5 Å². The Labute approximate surface area is 200 Å². The van der Waals surface area contributed by atoms with Crippen LogP contribution in [0.5, 0.6) is 11.5 Å². The highest BCUT2D eigenvalue weighted by molar-refractivity contribution is 5.91. The van der Waals surface area contributed by atoms with Crippen molar-refractivity contribution in [1.29, 1.82) is 0 Å². The Kier molecular flexibility index (Phi) is 10.2. The van der Waals surface area contributed by atoms with Crippen molar-refractivity contribution in [2.45, 2.75) is 46.3 Å². The van der Waals surface area contributed by atoms with Crippen LogP contribution in [0.3, 0.4) is 0 Å². The molecule has 0 heterocycles. The molecule has 0 unspecified atom stereocenters. The fraction of sp³-hybridized carbons (Fsp3) is 0.400. The second-order valence-corrected chi connectivity index (χ2v) is 8.37. The van der Waals surface area contributed by atoms with Gasteiger partial charge in [0.1, 0.15) is 5.60 Å². The molecule has 0 atom stereocenters. The summed E-state index contributed by atoms with van der Waals surface area (Å²) in [5.74, 6) is 0.556. The van der Waals surface area contributed by atoms with Crippen molar-refractivity contribution < 1.29 is 28.6 Å². The van der Waals surface area contributed by atoms with Gasteiger partial charge in [0, 0.05) is 25.2 Å². The van der Waals surface area contributed by atoms with E-state index in [-0.39, 0.29) is 37.9 Å². The van der Waals surface area contributed by atoms with Crippen LogP contribution in [0, 0.1) is 0 Å². The molecule has 0 aliphatic rings. The van der Waals surface area contributed by atoms with E-state index in [1.54, 1.807) is 51.1 Å². The first-order valence-corrected chi connectivity index (χ1v) is 11.1. The molecule has 9 nitrogen and oxygen atoms in total. The summed E-state index contributed by atoms with van der Waals surface area (Å²) in [6.45, 7) is 7.96. The first-order chi connectivity index (χ1) is 16.2. The van der Waals surface area contributed by atoms with Crippen LogP contribution in [-0.4, -0.2) is 43.3 Å². The van der Waals surface area contributed by atoms with Gasteiger partial charge in [0.15, 0.2) is 18.1 Å². The van der Waals surface area contributed by atoms with E-state index in [0.29, 0.717) is 23.8 Å². The maximum absolute atomic E-state index is 12.2. The van der Waals surface area contributed by atoms with Crippen LogP contribution in [0.25, 0.3) is 0 Å². The van der Waals surface area contributed by atoms with Crippen molar-refractivity contribution in [3.05, 3.63) is 54.1 Å². The number of hydrogen-bond acceptors (Lipinski definition) is 6. The quantitative estimate of drug-likeness (QED) is 0.461. The largest absolute Gasteiger partial charge is 0.490 e. The monoisotopic (exact) mass is 471 g/mol. The third-order valence-electron chi connectivity index (χ3n) is 4.23. The Morgan fingerprint density at radius 1 is 0.882 bits per heavy atom. The number of benzene rings is 2. The lowest BCUT2D eigenvalue weighted by molar-refractivity contribution is -0.123. The number of carbonyl (C=O) groups is 3. The Balaban J connectivity index is 1.75. The molecular weight excluding hydrogens is 438 g/mol. The van der Waals surface area contributed by atoms with Gasteiger partial charge < -0.3 is 30.2 Å². The zero-order chi connectivity index (χ0) is 25.0. The third kappa shape index (κ3) is 10.2. The van der Waals surface area contributed by atoms with Crippen LogP contribution in [0.1, 0.15) is 39.7 Å². The molecule has 2 rings (SSSR count). The van der Waals surface area contributed by atoms with Crippen LogP contribution in [0.4, 0.5) is 10.5 Å². The van der Waals surface area contributed by atoms with Gasteiger partial charge in [-0.05, 0) is 57.5 Å². The van der Waals surface area contributed by atoms with Gasteiger partial charge in [-0.3, -0.25) is 9.59 Å². The molecule has 0 spiro atoms. The lowest BCUT2D eigenvalue weighted by Gasteiger charge is -2.19. The zero-order valence-corrected chi connectivity index (χ0v) is 20.1. The van der Waals surface area contributed by atoms with Crippen molar-refractivity contribution in [2.75, 3.05) is 25.1 Å². The Hall–Kier alpha value is -3.75. The summed E-state index contributed by atoms with van der Waals surface area (Å²) in [4.78, 5) is 36.0. The molecule has 0 saturated heterocycles. The van der Waals surface area contributed by atoms with E-state index in [1.165, 1.54) is 0 Å². The van der Waals surface area contributed by atoms with E-state index in [2.05, 4.69) is 16.0 Å². The fourth-order valence-corrected chi connectivity index (χ4v) is 2.81. The topological polar surface area (TPSA) is 115 Å². The number of anilines is 1. The summed E-state index contributed by atoms with van der Waals surface area (Å²) < 4.78 is 16.2. The average molecular weight is 472 g/mol. The van der Waals surface area contributed by atoms with E-state index in [9.17, 15) is 14.4 Å². The summed E-state index contributed by atoms with van der Waals surface area (Å²) in [6, 6.07) is 14.3. The zero-order valence-electron chi connectivity index (χ0n) is 20.1. The molecule has 34 heavy (non-hydrogen) atoms. The van der Waals surface area contributed by atoms with Gasteiger partial charge in [-0.15, -0.1) is 0 Å². The smallest absolute Gasteiger partial charge is 0.407 e. The normalized spacial score (nSPS) is 10.7. The number of ether oxygens (including phenoxy) is 3. The van der Waals surface area contributed by atoms with E-state index >= 15 is 0 Å². The minimum atomic E-state index is -0.595. The van der Waals surface area contributed by atoms with E-state index in [1.807, 2.05) is 25.1 Å². The number of amides is 3. The van der Waals surface area contributed by atoms with Gasteiger partial charge in [-0.2, -0.15) is 0 Å². The predicted molar refractivity (Wildman–Crippen MR) is 129 cm³/mol.